The highest BCUT2D eigenvalue weighted by Gasteiger charge is 2.25. The Labute approximate surface area is 195 Å². The second kappa shape index (κ2) is 13.2. The third kappa shape index (κ3) is 8.95. The minimum absolute atomic E-state index is 0.0889. The predicted octanol–water partition coefficient (Wildman–Crippen LogP) is 1.39. The third-order valence-electron chi connectivity index (χ3n) is 4.70. The summed E-state index contributed by atoms with van der Waals surface area (Å²) in [6, 6.07) is 17.1. The number of carboxylic acids is 2. The van der Waals surface area contributed by atoms with Gasteiger partial charge in [-0.2, -0.15) is 0 Å². The summed E-state index contributed by atoms with van der Waals surface area (Å²) >= 11 is 1.43. The van der Waals surface area contributed by atoms with Crippen LogP contribution >= 0.6 is 11.8 Å². The fourth-order valence-corrected chi connectivity index (χ4v) is 4.30. The molecule has 0 aliphatic carbocycles. The second-order valence-electron chi connectivity index (χ2n) is 7.25. The van der Waals surface area contributed by atoms with Crippen molar-refractivity contribution in [2.45, 2.75) is 30.2 Å². The highest BCUT2D eigenvalue weighted by molar-refractivity contribution is 7.99. The van der Waals surface area contributed by atoms with Crippen LogP contribution in [0.2, 0.25) is 0 Å². The molecule has 0 aromatic heterocycles. The SMILES string of the molecule is N[C@@H](CCC(=O)N[C@@H](CSC(c1ccccc1)c1ccccc1)C(=O)NCC(=O)O)C(=O)O. The van der Waals surface area contributed by atoms with Gasteiger partial charge in [-0.05, 0) is 17.5 Å². The molecule has 0 saturated carbocycles. The number of rotatable bonds is 13. The summed E-state index contributed by atoms with van der Waals surface area (Å²) in [4.78, 5) is 46.6. The van der Waals surface area contributed by atoms with Crippen molar-refractivity contribution in [1.29, 1.82) is 0 Å². The van der Waals surface area contributed by atoms with Crippen molar-refractivity contribution in [1.82, 2.24) is 10.6 Å². The van der Waals surface area contributed by atoms with Crippen molar-refractivity contribution < 1.29 is 29.4 Å². The third-order valence-corrected chi connectivity index (χ3v) is 6.10. The van der Waals surface area contributed by atoms with E-state index in [2.05, 4.69) is 10.6 Å². The lowest BCUT2D eigenvalue weighted by molar-refractivity contribution is -0.139. The Morgan fingerprint density at radius 2 is 1.45 bits per heavy atom. The molecule has 9 nitrogen and oxygen atoms in total. The zero-order chi connectivity index (χ0) is 24.2. The molecular formula is C23H27N3O6S. The van der Waals surface area contributed by atoms with Crippen molar-refractivity contribution in [3.63, 3.8) is 0 Å². The molecule has 0 bridgehead atoms. The van der Waals surface area contributed by atoms with Crippen LogP contribution in [-0.2, 0) is 19.2 Å². The first-order chi connectivity index (χ1) is 15.8. The molecule has 2 atom stereocenters. The number of hydrogen-bond donors (Lipinski definition) is 5. The van der Waals surface area contributed by atoms with E-state index in [1.54, 1.807) is 0 Å². The number of amides is 2. The zero-order valence-electron chi connectivity index (χ0n) is 17.8. The second-order valence-corrected chi connectivity index (χ2v) is 8.39. The van der Waals surface area contributed by atoms with E-state index >= 15 is 0 Å². The van der Waals surface area contributed by atoms with Crippen molar-refractivity contribution in [2.75, 3.05) is 12.3 Å². The fraction of sp³-hybridized carbons (Fsp3) is 0.304. The maximum atomic E-state index is 12.6. The summed E-state index contributed by atoms with van der Waals surface area (Å²) in [6.45, 7) is -0.583. The van der Waals surface area contributed by atoms with Gasteiger partial charge in [-0.25, -0.2) is 0 Å². The van der Waals surface area contributed by atoms with Crippen LogP contribution in [0.4, 0.5) is 0 Å². The Morgan fingerprint density at radius 3 is 1.94 bits per heavy atom. The molecule has 0 fully saturated rings. The average molecular weight is 474 g/mol. The van der Waals surface area contributed by atoms with Crippen LogP contribution in [0.3, 0.4) is 0 Å². The quantitative estimate of drug-likeness (QED) is 0.292. The molecule has 6 N–H and O–H groups in total. The standard InChI is InChI=1S/C23H27N3O6S/c24-17(23(31)32)11-12-19(27)26-18(22(30)25-13-20(28)29)14-33-21(15-7-3-1-4-8-15)16-9-5-2-6-10-16/h1-10,17-18,21H,11-14,24H2,(H,25,30)(H,26,27)(H,28,29)(H,31,32)/t17-,18-/m0/s1. The molecule has 0 spiro atoms. The average Bonchev–Trinajstić information content (AvgIpc) is 2.81. The van der Waals surface area contributed by atoms with Gasteiger partial charge >= 0.3 is 11.9 Å². The van der Waals surface area contributed by atoms with Gasteiger partial charge in [0.25, 0.3) is 0 Å². The number of nitrogens with one attached hydrogen (secondary N) is 2. The Hall–Kier alpha value is -3.37. The fourth-order valence-electron chi connectivity index (χ4n) is 2.98. The Kier molecular flexibility index (Phi) is 10.4. The van der Waals surface area contributed by atoms with Gasteiger partial charge < -0.3 is 26.6 Å². The Morgan fingerprint density at radius 1 is 0.909 bits per heavy atom. The molecule has 176 valence electrons. The molecule has 0 radical (unpaired) electrons. The van der Waals surface area contributed by atoms with Gasteiger partial charge in [-0.1, -0.05) is 60.7 Å². The highest BCUT2D eigenvalue weighted by atomic mass is 32.2. The molecule has 0 heterocycles. The minimum atomic E-state index is -1.22. The van der Waals surface area contributed by atoms with Crippen LogP contribution in [0.5, 0.6) is 0 Å². The van der Waals surface area contributed by atoms with Gasteiger partial charge in [0.15, 0.2) is 0 Å². The lowest BCUT2D eigenvalue weighted by Crippen LogP contribution is -2.49. The maximum absolute atomic E-state index is 12.6. The van der Waals surface area contributed by atoms with Gasteiger partial charge in [-0.15, -0.1) is 11.8 Å². The van der Waals surface area contributed by atoms with Gasteiger partial charge in [0.05, 0.1) is 5.25 Å². The first kappa shape index (κ1) is 25.9. The van der Waals surface area contributed by atoms with Crippen LogP contribution in [0, 0.1) is 0 Å². The van der Waals surface area contributed by atoms with Gasteiger partial charge in [0, 0.05) is 12.2 Å². The largest absolute Gasteiger partial charge is 0.480 e. The molecule has 2 aromatic rings. The van der Waals surface area contributed by atoms with E-state index in [0.717, 1.165) is 11.1 Å². The van der Waals surface area contributed by atoms with E-state index in [9.17, 15) is 19.2 Å². The normalized spacial score (nSPS) is 12.5. The van der Waals surface area contributed by atoms with E-state index in [-0.39, 0.29) is 23.8 Å². The lowest BCUT2D eigenvalue weighted by Gasteiger charge is -2.22. The highest BCUT2D eigenvalue weighted by Crippen LogP contribution is 2.35. The van der Waals surface area contributed by atoms with E-state index < -0.39 is 42.4 Å². The molecule has 0 aliphatic rings. The van der Waals surface area contributed by atoms with E-state index in [0.29, 0.717) is 0 Å². The summed E-state index contributed by atoms with van der Waals surface area (Å²) in [7, 11) is 0. The van der Waals surface area contributed by atoms with Crippen LogP contribution in [0.15, 0.2) is 60.7 Å². The summed E-state index contributed by atoms with van der Waals surface area (Å²) in [5.74, 6) is -3.45. The lowest BCUT2D eigenvalue weighted by atomic mass is 10.0. The number of nitrogens with two attached hydrogens (primary N) is 1. The molecule has 2 amide bonds. The number of carbonyl (C=O) groups is 4. The minimum Gasteiger partial charge on any atom is -0.480 e. The van der Waals surface area contributed by atoms with Crippen LogP contribution < -0.4 is 16.4 Å². The monoisotopic (exact) mass is 473 g/mol. The number of thioether (sulfide) groups is 1. The predicted molar refractivity (Wildman–Crippen MR) is 125 cm³/mol. The number of benzene rings is 2. The van der Waals surface area contributed by atoms with Crippen molar-refractivity contribution in [2.24, 2.45) is 5.73 Å². The molecule has 0 aliphatic heterocycles. The van der Waals surface area contributed by atoms with Crippen LogP contribution in [-0.4, -0.2) is 58.3 Å². The molecular weight excluding hydrogens is 446 g/mol. The zero-order valence-corrected chi connectivity index (χ0v) is 18.7. The van der Waals surface area contributed by atoms with Crippen LogP contribution in [0.1, 0.15) is 29.2 Å². The van der Waals surface area contributed by atoms with Gasteiger partial charge in [-0.3, -0.25) is 19.2 Å². The molecule has 2 rings (SSSR count). The first-order valence-corrected chi connectivity index (χ1v) is 11.3. The van der Waals surface area contributed by atoms with Gasteiger partial charge in [0.1, 0.15) is 18.6 Å². The van der Waals surface area contributed by atoms with Crippen molar-refractivity contribution in [3.05, 3.63) is 71.8 Å². The number of aliphatic carboxylic acids is 2. The Bertz CT molecular complexity index is 902. The van der Waals surface area contributed by atoms with Crippen LogP contribution in [0.25, 0.3) is 0 Å². The molecule has 0 unspecified atom stereocenters. The Balaban J connectivity index is 2.14. The van der Waals surface area contributed by atoms with Crippen molar-refractivity contribution in [3.8, 4) is 0 Å². The molecule has 33 heavy (non-hydrogen) atoms. The van der Waals surface area contributed by atoms with E-state index in [4.69, 9.17) is 15.9 Å². The topological polar surface area (TPSA) is 159 Å². The first-order valence-electron chi connectivity index (χ1n) is 10.3. The molecule has 10 heteroatoms. The number of carboxylic acid groups (broad SMARTS) is 2. The molecule has 0 saturated heterocycles. The van der Waals surface area contributed by atoms with E-state index in [1.807, 2.05) is 60.7 Å². The number of hydrogen-bond acceptors (Lipinski definition) is 6. The van der Waals surface area contributed by atoms with Gasteiger partial charge in [0.2, 0.25) is 11.8 Å². The van der Waals surface area contributed by atoms with E-state index in [1.165, 1.54) is 11.8 Å². The maximum Gasteiger partial charge on any atom is 0.322 e. The summed E-state index contributed by atoms with van der Waals surface area (Å²) in [6.07, 6.45) is -0.268. The summed E-state index contributed by atoms with van der Waals surface area (Å²) in [5, 5.41) is 22.5. The smallest absolute Gasteiger partial charge is 0.322 e. The summed E-state index contributed by atoms with van der Waals surface area (Å²) in [5.41, 5.74) is 7.46. The summed E-state index contributed by atoms with van der Waals surface area (Å²) < 4.78 is 0. The molecule has 2 aromatic carbocycles. The number of carbonyl (C=O) groups excluding carboxylic acids is 2. The van der Waals surface area contributed by atoms with Crippen molar-refractivity contribution >= 4 is 35.5 Å².